The molecule has 0 bridgehead atoms. The molecule has 4 rings (SSSR count). The van der Waals surface area contributed by atoms with Gasteiger partial charge in [0, 0.05) is 6.92 Å². The number of amides is 2. The fourth-order valence-corrected chi connectivity index (χ4v) is 2.96. The number of nitrogens with zero attached hydrogens (tertiary/aromatic N) is 2. The standard InChI is InChI=1S/C17H11F2N3O3/c1-9(23)22-17(12-4-2-3-5-14(12)20-16(17)24)25-15(21-22)11-8-10(18)6-7-13(11)19/h2-8H,1H3,(H,20,24). The summed E-state index contributed by atoms with van der Waals surface area (Å²) in [6.45, 7) is 1.20. The largest absolute Gasteiger partial charge is 0.433 e. The van der Waals surface area contributed by atoms with Crippen molar-refractivity contribution in [3.05, 3.63) is 65.2 Å². The summed E-state index contributed by atoms with van der Waals surface area (Å²) in [4.78, 5) is 24.7. The number of para-hydroxylation sites is 1. The van der Waals surface area contributed by atoms with Gasteiger partial charge in [0.15, 0.2) is 0 Å². The number of rotatable bonds is 1. The van der Waals surface area contributed by atoms with Gasteiger partial charge in [-0.1, -0.05) is 18.2 Å². The Kier molecular flexibility index (Phi) is 3.11. The number of anilines is 1. The molecule has 1 unspecified atom stereocenters. The van der Waals surface area contributed by atoms with Gasteiger partial charge in [0.1, 0.15) is 11.6 Å². The summed E-state index contributed by atoms with van der Waals surface area (Å²) in [6, 6.07) is 9.38. The second-order valence-corrected chi connectivity index (χ2v) is 5.61. The number of halogens is 2. The molecule has 2 aromatic carbocycles. The van der Waals surface area contributed by atoms with Crippen LogP contribution in [0.25, 0.3) is 0 Å². The maximum atomic E-state index is 14.1. The monoisotopic (exact) mass is 343 g/mol. The predicted molar refractivity (Wildman–Crippen MR) is 83.2 cm³/mol. The third-order valence-electron chi connectivity index (χ3n) is 4.04. The van der Waals surface area contributed by atoms with Crippen LogP contribution in [-0.4, -0.2) is 22.7 Å². The van der Waals surface area contributed by atoms with Crippen molar-refractivity contribution in [1.82, 2.24) is 5.01 Å². The lowest BCUT2D eigenvalue weighted by molar-refractivity contribution is -0.160. The molecule has 8 heteroatoms. The Bertz CT molecular complexity index is 960. The minimum Gasteiger partial charge on any atom is -0.433 e. The fraction of sp³-hybridized carbons (Fsp3) is 0.118. The molecule has 0 aromatic heterocycles. The van der Waals surface area contributed by atoms with Crippen LogP contribution >= 0.6 is 0 Å². The molecule has 1 N–H and O–H groups in total. The molecule has 2 aliphatic rings. The third-order valence-corrected chi connectivity index (χ3v) is 4.04. The number of benzene rings is 2. The molecule has 1 atom stereocenters. The Balaban J connectivity index is 1.89. The lowest BCUT2D eigenvalue weighted by atomic mass is 10.0. The number of carbonyl (C=O) groups is 2. The molecule has 2 aliphatic heterocycles. The van der Waals surface area contributed by atoms with Crippen molar-refractivity contribution < 1.29 is 23.1 Å². The van der Waals surface area contributed by atoms with E-state index in [-0.39, 0.29) is 11.5 Å². The van der Waals surface area contributed by atoms with Gasteiger partial charge in [0.2, 0.25) is 11.8 Å². The smallest absolute Gasteiger partial charge is 0.314 e. The van der Waals surface area contributed by atoms with Crippen LogP contribution < -0.4 is 5.32 Å². The number of nitrogens with one attached hydrogen (secondary N) is 1. The van der Waals surface area contributed by atoms with Crippen LogP contribution in [0.3, 0.4) is 0 Å². The van der Waals surface area contributed by atoms with Gasteiger partial charge >= 0.3 is 5.72 Å². The van der Waals surface area contributed by atoms with E-state index >= 15 is 0 Å². The summed E-state index contributed by atoms with van der Waals surface area (Å²) in [5, 5.41) is 7.41. The Morgan fingerprint density at radius 1 is 1.24 bits per heavy atom. The van der Waals surface area contributed by atoms with E-state index in [2.05, 4.69) is 10.4 Å². The molecule has 0 radical (unpaired) electrons. The Morgan fingerprint density at radius 3 is 2.76 bits per heavy atom. The molecule has 2 aromatic rings. The highest BCUT2D eigenvalue weighted by Gasteiger charge is 2.60. The quantitative estimate of drug-likeness (QED) is 0.864. The molecule has 0 aliphatic carbocycles. The fourth-order valence-electron chi connectivity index (χ4n) is 2.96. The predicted octanol–water partition coefficient (Wildman–Crippen LogP) is 2.31. The maximum Gasteiger partial charge on any atom is 0.314 e. The summed E-state index contributed by atoms with van der Waals surface area (Å²) in [5.41, 5.74) is -1.34. The summed E-state index contributed by atoms with van der Waals surface area (Å²) in [7, 11) is 0. The highest BCUT2D eigenvalue weighted by atomic mass is 19.1. The van der Waals surface area contributed by atoms with E-state index < -0.39 is 29.2 Å². The highest BCUT2D eigenvalue weighted by Crippen LogP contribution is 2.45. The van der Waals surface area contributed by atoms with E-state index in [1.54, 1.807) is 24.3 Å². The Labute approximate surface area is 140 Å². The first-order valence-electron chi connectivity index (χ1n) is 7.38. The molecule has 0 saturated heterocycles. The summed E-state index contributed by atoms with van der Waals surface area (Å²) >= 11 is 0. The van der Waals surface area contributed by atoms with Crippen molar-refractivity contribution in [3.63, 3.8) is 0 Å². The van der Waals surface area contributed by atoms with E-state index in [0.29, 0.717) is 11.3 Å². The van der Waals surface area contributed by atoms with Crippen molar-refractivity contribution in [2.45, 2.75) is 12.6 Å². The van der Waals surface area contributed by atoms with Gasteiger partial charge in [-0.05, 0) is 24.3 Å². The van der Waals surface area contributed by atoms with Crippen LogP contribution in [0, 0.1) is 11.6 Å². The van der Waals surface area contributed by atoms with Gasteiger partial charge < -0.3 is 10.1 Å². The van der Waals surface area contributed by atoms with E-state index in [1.807, 2.05) is 0 Å². The molecule has 126 valence electrons. The van der Waals surface area contributed by atoms with Crippen molar-refractivity contribution in [2.24, 2.45) is 5.10 Å². The van der Waals surface area contributed by atoms with Gasteiger partial charge in [-0.2, -0.15) is 5.01 Å². The average Bonchev–Trinajstić information content (AvgIpc) is 3.11. The summed E-state index contributed by atoms with van der Waals surface area (Å²) in [6.07, 6.45) is 0. The SMILES string of the molecule is CC(=O)N1N=C(c2cc(F)ccc2F)OC12C(=O)Nc1ccccc12. The van der Waals surface area contributed by atoms with Gasteiger partial charge in [-0.3, -0.25) is 9.59 Å². The molecule has 25 heavy (non-hydrogen) atoms. The van der Waals surface area contributed by atoms with E-state index in [0.717, 1.165) is 23.2 Å². The van der Waals surface area contributed by atoms with Crippen LogP contribution in [-0.2, 0) is 20.1 Å². The zero-order valence-corrected chi connectivity index (χ0v) is 12.9. The summed E-state index contributed by atoms with van der Waals surface area (Å²) in [5.74, 6) is -3.06. The average molecular weight is 343 g/mol. The molecule has 0 saturated carbocycles. The molecular formula is C17H11F2N3O3. The minimum absolute atomic E-state index is 0.277. The molecule has 6 nitrogen and oxygen atoms in total. The number of hydrogen-bond donors (Lipinski definition) is 1. The van der Waals surface area contributed by atoms with E-state index in [1.165, 1.54) is 6.92 Å². The number of fused-ring (bicyclic) bond motifs is 2. The van der Waals surface area contributed by atoms with Crippen molar-refractivity contribution in [2.75, 3.05) is 5.32 Å². The Morgan fingerprint density at radius 2 is 2.00 bits per heavy atom. The van der Waals surface area contributed by atoms with E-state index in [4.69, 9.17) is 4.74 Å². The van der Waals surface area contributed by atoms with E-state index in [9.17, 15) is 18.4 Å². The second-order valence-electron chi connectivity index (χ2n) is 5.61. The van der Waals surface area contributed by atoms with Crippen LogP contribution in [0.1, 0.15) is 18.1 Å². The van der Waals surface area contributed by atoms with Gasteiger partial charge in [-0.15, -0.1) is 5.10 Å². The van der Waals surface area contributed by atoms with Crippen molar-refractivity contribution in [1.29, 1.82) is 0 Å². The third kappa shape index (κ3) is 2.03. The van der Waals surface area contributed by atoms with Gasteiger partial charge in [0.05, 0.1) is 16.8 Å². The number of hydrogen-bond acceptors (Lipinski definition) is 4. The normalized spacial score (nSPS) is 21.0. The number of hydrazone groups is 1. The first-order valence-corrected chi connectivity index (χ1v) is 7.38. The van der Waals surface area contributed by atoms with Crippen LogP contribution in [0.4, 0.5) is 14.5 Å². The first-order chi connectivity index (χ1) is 11.9. The lowest BCUT2D eigenvalue weighted by Crippen LogP contribution is -2.49. The molecule has 0 fully saturated rings. The van der Waals surface area contributed by atoms with Crippen LogP contribution in [0.2, 0.25) is 0 Å². The van der Waals surface area contributed by atoms with Crippen LogP contribution in [0.5, 0.6) is 0 Å². The molecule has 1 spiro atoms. The van der Waals surface area contributed by atoms with Gasteiger partial charge in [0.25, 0.3) is 5.91 Å². The second kappa shape index (κ2) is 5.10. The summed E-state index contributed by atoms with van der Waals surface area (Å²) < 4.78 is 33.3. The zero-order valence-electron chi connectivity index (χ0n) is 12.9. The zero-order chi connectivity index (χ0) is 17.8. The number of ether oxygens (including phenoxy) is 1. The lowest BCUT2D eigenvalue weighted by Gasteiger charge is -2.28. The van der Waals surface area contributed by atoms with Crippen molar-refractivity contribution in [3.8, 4) is 0 Å². The Hall–Kier alpha value is -3.29. The maximum absolute atomic E-state index is 14.1. The van der Waals surface area contributed by atoms with Crippen LogP contribution in [0.15, 0.2) is 47.6 Å². The van der Waals surface area contributed by atoms with Gasteiger partial charge in [-0.25, -0.2) is 8.78 Å². The molecule has 2 heterocycles. The van der Waals surface area contributed by atoms with Crippen molar-refractivity contribution >= 4 is 23.4 Å². The molecular weight excluding hydrogens is 332 g/mol. The minimum atomic E-state index is -1.88. The highest BCUT2D eigenvalue weighted by molar-refractivity contribution is 6.10. The topological polar surface area (TPSA) is 71.0 Å². The number of carbonyl (C=O) groups excluding carboxylic acids is 2. The first kappa shape index (κ1) is 15.3. The molecule has 2 amide bonds.